The highest BCUT2D eigenvalue weighted by Gasteiger charge is 2.20. The lowest BCUT2D eigenvalue weighted by Gasteiger charge is -2.08. The molecule has 1 heterocycles. The first-order chi connectivity index (χ1) is 10.2. The molecule has 6 heteroatoms. The second kappa shape index (κ2) is 6.22. The SMILES string of the molecule is COc1ccc(F)cc1Cn1cc(CNCC2CC2)nn1. The molecule has 21 heavy (non-hydrogen) atoms. The second-order valence-electron chi connectivity index (χ2n) is 5.44. The summed E-state index contributed by atoms with van der Waals surface area (Å²) in [5, 5.41) is 11.6. The minimum atomic E-state index is -0.280. The van der Waals surface area contributed by atoms with Crippen molar-refractivity contribution >= 4 is 0 Å². The third-order valence-corrected chi connectivity index (χ3v) is 3.60. The van der Waals surface area contributed by atoms with E-state index < -0.39 is 0 Å². The fraction of sp³-hybridized carbons (Fsp3) is 0.467. The van der Waals surface area contributed by atoms with E-state index in [9.17, 15) is 4.39 Å². The number of nitrogens with zero attached hydrogens (tertiary/aromatic N) is 3. The molecule has 0 unspecified atom stereocenters. The van der Waals surface area contributed by atoms with Gasteiger partial charge in [-0.1, -0.05) is 5.21 Å². The first-order valence-corrected chi connectivity index (χ1v) is 7.17. The van der Waals surface area contributed by atoms with Crippen LogP contribution in [-0.2, 0) is 13.1 Å². The molecule has 1 aromatic carbocycles. The number of aromatic nitrogens is 3. The summed E-state index contributed by atoms with van der Waals surface area (Å²) in [5.74, 6) is 1.22. The lowest BCUT2D eigenvalue weighted by Crippen LogP contribution is -2.16. The maximum Gasteiger partial charge on any atom is 0.124 e. The van der Waals surface area contributed by atoms with Gasteiger partial charge in [-0.2, -0.15) is 0 Å². The smallest absolute Gasteiger partial charge is 0.124 e. The monoisotopic (exact) mass is 290 g/mol. The molecule has 0 spiro atoms. The van der Waals surface area contributed by atoms with Crippen molar-refractivity contribution in [2.75, 3.05) is 13.7 Å². The Morgan fingerprint density at radius 3 is 3.05 bits per heavy atom. The van der Waals surface area contributed by atoms with E-state index in [-0.39, 0.29) is 5.82 Å². The third kappa shape index (κ3) is 3.78. The molecular weight excluding hydrogens is 271 g/mol. The minimum absolute atomic E-state index is 0.280. The summed E-state index contributed by atoms with van der Waals surface area (Å²) < 4.78 is 20.3. The zero-order valence-electron chi connectivity index (χ0n) is 12.1. The van der Waals surface area contributed by atoms with Crippen molar-refractivity contribution in [3.8, 4) is 5.75 Å². The van der Waals surface area contributed by atoms with Gasteiger partial charge in [-0.3, -0.25) is 0 Å². The van der Waals surface area contributed by atoms with Gasteiger partial charge in [0.2, 0.25) is 0 Å². The van der Waals surface area contributed by atoms with E-state index in [1.54, 1.807) is 17.9 Å². The quantitative estimate of drug-likeness (QED) is 0.847. The van der Waals surface area contributed by atoms with E-state index in [1.165, 1.54) is 25.0 Å². The summed E-state index contributed by atoms with van der Waals surface area (Å²) in [4.78, 5) is 0. The van der Waals surface area contributed by atoms with Crippen LogP contribution in [0.2, 0.25) is 0 Å². The van der Waals surface area contributed by atoms with E-state index in [1.807, 2.05) is 6.20 Å². The van der Waals surface area contributed by atoms with Crippen molar-refractivity contribution in [1.29, 1.82) is 0 Å². The fourth-order valence-electron chi connectivity index (χ4n) is 2.27. The number of methoxy groups -OCH3 is 1. The van der Waals surface area contributed by atoms with Gasteiger partial charge in [0.05, 0.1) is 25.5 Å². The van der Waals surface area contributed by atoms with E-state index in [4.69, 9.17) is 4.74 Å². The molecule has 0 atom stereocenters. The Labute approximate surface area is 123 Å². The normalized spacial score (nSPS) is 14.4. The highest BCUT2D eigenvalue weighted by molar-refractivity contribution is 5.34. The fourth-order valence-corrected chi connectivity index (χ4v) is 2.27. The first-order valence-electron chi connectivity index (χ1n) is 7.17. The summed E-state index contributed by atoms with van der Waals surface area (Å²) in [6.07, 6.45) is 4.54. The summed E-state index contributed by atoms with van der Waals surface area (Å²) in [6, 6.07) is 4.47. The number of halogens is 1. The lowest BCUT2D eigenvalue weighted by molar-refractivity contribution is 0.405. The standard InChI is InChI=1S/C15H19FN4O/c1-21-15-5-4-13(16)6-12(15)9-20-10-14(18-19-20)8-17-7-11-2-3-11/h4-6,10-11,17H,2-3,7-9H2,1H3. The van der Waals surface area contributed by atoms with Crippen LogP contribution in [0.15, 0.2) is 24.4 Å². The van der Waals surface area contributed by atoms with Gasteiger partial charge in [0, 0.05) is 12.1 Å². The summed E-state index contributed by atoms with van der Waals surface area (Å²) in [5.41, 5.74) is 1.64. The molecule has 1 aliphatic rings. The molecule has 0 radical (unpaired) electrons. The van der Waals surface area contributed by atoms with E-state index in [0.717, 1.165) is 30.3 Å². The predicted molar refractivity (Wildman–Crippen MR) is 76.5 cm³/mol. The van der Waals surface area contributed by atoms with Gasteiger partial charge in [0.1, 0.15) is 11.6 Å². The van der Waals surface area contributed by atoms with Crippen molar-refractivity contribution in [3.63, 3.8) is 0 Å². The van der Waals surface area contributed by atoms with Gasteiger partial charge >= 0.3 is 0 Å². The Morgan fingerprint density at radius 2 is 2.29 bits per heavy atom. The molecule has 3 rings (SSSR count). The largest absolute Gasteiger partial charge is 0.496 e. The van der Waals surface area contributed by atoms with Gasteiger partial charge in [0.25, 0.3) is 0 Å². The van der Waals surface area contributed by atoms with Crippen LogP contribution >= 0.6 is 0 Å². The lowest BCUT2D eigenvalue weighted by atomic mass is 10.2. The number of hydrogen-bond donors (Lipinski definition) is 1. The van der Waals surface area contributed by atoms with Crippen molar-refractivity contribution < 1.29 is 9.13 Å². The Balaban J connectivity index is 1.61. The van der Waals surface area contributed by atoms with Gasteiger partial charge in [-0.05, 0) is 43.5 Å². The number of hydrogen-bond acceptors (Lipinski definition) is 4. The highest BCUT2D eigenvalue weighted by atomic mass is 19.1. The topological polar surface area (TPSA) is 52.0 Å². The molecule has 112 valence electrons. The molecule has 1 aromatic heterocycles. The zero-order chi connectivity index (χ0) is 14.7. The average molecular weight is 290 g/mol. The van der Waals surface area contributed by atoms with Gasteiger partial charge in [-0.25, -0.2) is 9.07 Å². The summed E-state index contributed by atoms with van der Waals surface area (Å²) in [7, 11) is 1.57. The molecule has 1 saturated carbocycles. The molecule has 0 amide bonds. The van der Waals surface area contributed by atoms with Crippen LogP contribution in [0.5, 0.6) is 5.75 Å². The Morgan fingerprint density at radius 1 is 1.43 bits per heavy atom. The Hall–Kier alpha value is -1.95. The zero-order valence-corrected chi connectivity index (χ0v) is 12.1. The van der Waals surface area contributed by atoms with Crippen molar-refractivity contribution in [3.05, 3.63) is 41.5 Å². The van der Waals surface area contributed by atoms with Crippen LogP contribution in [0, 0.1) is 11.7 Å². The molecule has 1 aliphatic carbocycles. The van der Waals surface area contributed by atoms with Gasteiger partial charge in [0.15, 0.2) is 0 Å². The second-order valence-corrected chi connectivity index (χ2v) is 5.44. The predicted octanol–water partition coefficient (Wildman–Crippen LogP) is 1.97. The molecular formula is C15H19FN4O. The number of rotatable bonds is 7. The molecule has 2 aromatic rings. The Kier molecular flexibility index (Phi) is 4.15. The Bertz CT molecular complexity index is 609. The van der Waals surface area contributed by atoms with Gasteiger partial charge in [-0.15, -0.1) is 5.10 Å². The highest BCUT2D eigenvalue weighted by Crippen LogP contribution is 2.27. The van der Waals surface area contributed by atoms with Crippen LogP contribution in [-0.4, -0.2) is 28.6 Å². The van der Waals surface area contributed by atoms with Crippen LogP contribution in [0.25, 0.3) is 0 Å². The molecule has 5 nitrogen and oxygen atoms in total. The molecule has 1 N–H and O–H groups in total. The number of ether oxygens (including phenoxy) is 1. The van der Waals surface area contributed by atoms with Crippen LogP contribution in [0.3, 0.4) is 0 Å². The summed E-state index contributed by atoms with van der Waals surface area (Å²) >= 11 is 0. The van der Waals surface area contributed by atoms with E-state index >= 15 is 0 Å². The minimum Gasteiger partial charge on any atom is -0.496 e. The maximum atomic E-state index is 13.3. The van der Waals surface area contributed by atoms with Crippen molar-refractivity contribution in [2.45, 2.75) is 25.9 Å². The van der Waals surface area contributed by atoms with Crippen LogP contribution in [0.1, 0.15) is 24.1 Å². The third-order valence-electron chi connectivity index (χ3n) is 3.60. The van der Waals surface area contributed by atoms with Crippen molar-refractivity contribution in [1.82, 2.24) is 20.3 Å². The average Bonchev–Trinajstić information content (AvgIpc) is 3.19. The molecule has 0 saturated heterocycles. The molecule has 0 aliphatic heterocycles. The number of benzene rings is 1. The maximum absolute atomic E-state index is 13.3. The van der Waals surface area contributed by atoms with Gasteiger partial charge < -0.3 is 10.1 Å². The van der Waals surface area contributed by atoms with Crippen LogP contribution in [0.4, 0.5) is 4.39 Å². The van der Waals surface area contributed by atoms with Crippen LogP contribution < -0.4 is 10.1 Å². The molecule has 1 fully saturated rings. The first kappa shape index (κ1) is 14.0. The summed E-state index contributed by atoms with van der Waals surface area (Å²) in [6.45, 7) is 2.21. The van der Waals surface area contributed by atoms with E-state index in [2.05, 4.69) is 15.6 Å². The van der Waals surface area contributed by atoms with Crippen molar-refractivity contribution in [2.24, 2.45) is 5.92 Å². The molecule has 0 bridgehead atoms. The van der Waals surface area contributed by atoms with E-state index in [0.29, 0.717) is 12.3 Å². The number of nitrogens with one attached hydrogen (secondary N) is 1.